The van der Waals surface area contributed by atoms with Crippen LogP contribution in [0.5, 0.6) is 0 Å². The Balaban J connectivity index is 2.04. The van der Waals surface area contributed by atoms with E-state index in [9.17, 15) is 18.0 Å². The molecule has 1 aliphatic carbocycles. The molecule has 0 spiro atoms. The van der Waals surface area contributed by atoms with Gasteiger partial charge in [-0.25, -0.2) is 4.79 Å². The molecule has 1 saturated carbocycles. The maximum absolute atomic E-state index is 12.5. The van der Waals surface area contributed by atoms with E-state index in [0.29, 0.717) is 5.69 Å². The molecule has 4 nitrogen and oxygen atoms in total. The van der Waals surface area contributed by atoms with Crippen LogP contribution in [0, 0.1) is 0 Å². The van der Waals surface area contributed by atoms with Crippen LogP contribution in [0.4, 0.5) is 23.7 Å². The van der Waals surface area contributed by atoms with Gasteiger partial charge in [0, 0.05) is 25.4 Å². The number of urea groups is 1. The summed E-state index contributed by atoms with van der Waals surface area (Å²) in [6, 6.07) is 6.56. The zero-order chi connectivity index (χ0) is 17.7. The Morgan fingerprint density at radius 3 is 2.67 bits per heavy atom. The van der Waals surface area contributed by atoms with Crippen molar-refractivity contribution in [2.24, 2.45) is 0 Å². The van der Waals surface area contributed by atoms with E-state index in [1.165, 1.54) is 4.90 Å². The van der Waals surface area contributed by atoms with E-state index in [1.807, 2.05) is 13.0 Å². The van der Waals surface area contributed by atoms with Crippen molar-refractivity contribution in [2.45, 2.75) is 50.9 Å². The fraction of sp³-hybridized carbons (Fsp3) is 0.588. The average molecular weight is 344 g/mol. The maximum atomic E-state index is 12.5. The van der Waals surface area contributed by atoms with E-state index in [2.05, 4.69) is 5.32 Å². The summed E-state index contributed by atoms with van der Waals surface area (Å²) < 4.78 is 42.7. The van der Waals surface area contributed by atoms with Crippen molar-refractivity contribution in [1.29, 1.82) is 0 Å². The van der Waals surface area contributed by atoms with Crippen LogP contribution in [0.2, 0.25) is 0 Å². The molecule has 1 fully saturated rings. The molecule has 1 aromatic carbocycles. The number of anilines is 1. The molecule has 2 amide bonds. The van der Waals surface area contributed by atoms with Gasteiger partial charge in [-0.2, -0.15) is 13.2 Å². The SMILES string of the molecule is CO[C@@H](C)c1cccc(NC(=O)N(CCC(F)(F)F)C2CCC2)c1. The predicted molar refractivity (Wildman–Crippen MR) is 85.9 cm³/mol. The summed E-state index contributed by atoms with van der Waals surface area (Å²) in [5, 5.41) is 2.71. The van der Waals surface area contributed by atoms with E-state index < -0.39 is 18.6 Å². The average Bonchev–Trinajstić information content (AvgIpc) is 2.47. The van der Waals surface area contributed by atoms with Gasteiger partial charge in [-0.1, -0.05) is 12.1 Å². The number of halogens is 3. The van der Waals surface area contributed by atoms with Gasteiger partial charge >= 0.3 is 12.2 Å². The number of benzene rings is 1. The van der Waals surface area contributed by atoms with Crippen molar-refractivity contribution in [3.63, 3.8) is 0 Å². The van der Waals surface area contributed by atoms with Crippen LogP contribution in [0.25, 0.3) is 0 Å². The van der Waals surface area contributed by atoms with Crippen LogP contribution < -0.4 is 5.32 Å². The van der Waals surface area contributed by atoms with Gasteiger partial charge in [-0.15, -0.1) is 0 Å². The number of amides is 2. The minimum absolute atomic E-state index is 0.103. The Morgan fingerprint density at radius 1 is 1.42 bits per heavy atom. The molecule has 7 heteroatoms. The van der Waals surface area contributed by atoms with Crippen molar-refractivity contribution in [2.75, 3.05) is 19.0 Å². The highest BCUT2D eigenvalue weighted by molar-refractivity contribution is 5.89. The Morgan fingerprint density at radius 2 is 2.12 bits per heavy atom. The first-order chi connectivity index (χ1) is 11.3. The van der Waals surface area contributed by atoms with Crippen LogP contribution in [-0.4, -0.2) is 36.8 Å². The number of ether oxygens (including phenoxy) is 1. The molecule has 0 heterocycles. The lowest BCUT2D eigenvalue weighted by Crippen LogP contribution is -2.47. The molecular weight excluding hydrogens is 321 g/mol. The third kappa shape index (κ3) is 5.12. The van der Waals surface area contributed by atoms with Crippen LogP contribution in [0.15, 0.2) is 24.3 Å². The number of methoxy groups -OCH3 is 1. The van der Waals surface area contributed by atoms with Gasteiger partial charge in [0.05, 0.1) is 12.5 Å². The summed E-state index contributed by atoms with van der Waals surface area (Å²) in [6.45, 7) is 1.57. The first-order valence-corrected chi connectivity index (χ1v) is 8.07. The second-order valence-electron chi connectivity index (χ2n) is 6.08. The van der Waals surface area contributed by atoms with Gasteiger partial charge in [0.15, 0.2) is 0 Å². The summed E-state index contributed by atoms with van der Waals surface area (Å²) in [5.74, 6) is 0. The fourth-order valence-corrected chi connectivity index (χ4v) is 2.60. The smallest absolute Gasteiger partial charge is 0.377 e. The Labute approximate surface area is 140 Å². The highest BCUT2D eigenvalue weighted by Crippen LogP contribution is 2.28. The number of nitrogens with zero attached hydrogens (tertiary/aromatic N) is 1. The molecule has 1 N–H and O–H groups in total. The lowest BCUT2D eigenvalue weighted by atomic mass is 9.91. The molecule has 0 bridgehead atoms. The minimum Gasteiger partial charge on any atom is -0.377 e. The van der Waals surface area contributed by atoms with E-state index in [4.69, 9.17) is 4.74 Å². The second kappa shape index (κ2) is 7.88. The number of carbonyl (C=O) groups excluding carboxylic acids is 1. The molecule has 2 rings (SSSR count). The molecule has 0 unspecified atom stereocenters. The van der Waals surface area contributed by atoms with Gasteiger partial charge < -0.3 is 15.0 Å². The van der Waals surface area contributed by atoms with Crippen LogP contribution >= 0.6 is 0 Å². The lowest BCUT2D eigenvalue weighted by Gasteiger charge is -2.37. The van der Waals surface area contributed by atoms with Gasteiger partial charge in [0.2, 0.25) is 0 Å². The largest absolute Gasteiger partial charge is 0.390 e. The quantitative estimate of drug-likeness (QED) is 0.810. The third-order valence-corrected chi connectivity index (χ3v) is 4.37. The van der Waals surface area contributed by atoms with Crippen molar-refractivity contribution in [3.05, 3.63) is 29.8 Å². The molecule has 0 saturated heterocycles. The van der Waals surface area contributed by atoms with Crippen LogP contribution in [-0.2, 0) is 4.74 Å². The summed E-state index contributed by atoms with van der Waals surface area (Å²) in [5.41, 5.74) is 1.44. The van der Waals surface area contributed by atoms with E-state index >= 15 is 0 Å². The fourth-order valence-electron chi connectivity index (χ4n) is 2.60. The highest BCUT2D eigenvalue weighted by Gasteiger charge is 2.34. The van der Waals surface area contributed by atoms with Gasteiger partial charge in [-0.3, -0.25) is 0 Å². The predicted octanol–water partition coefficient (Wildman–Crippen LogP) is 4.73. The third-order valence-electron chi connectivity index (χ3n) is 4.37. The first-order valence-electron chi connectivity index (χ1n) is 8.07. The van der Waals surface area contributed by atoms with Gasteiger partial charge in [0.25, 0.3) is 0 Å². The second-order valence-corrected chi connectivity index (χ2v) is 6.08. The summed E-state index contributed by atoms with van der Waals surface area (Å²) in [7, 11) is 1.59. The number of hydrogen-bond acceptors (Lipinski definition) is 2. The van der Waals surface area contributed by atoms with Crippen molar-refractivity contribution >= 4 is 11.7 Å². The zero-order valence-corrected chi connectivity index (χ0v) is 13.9. The monoisotopic (exact) mass is 344 g/mol. The normalized spacial score (nSPS) is 16.4. The molecule has 0 aliphatic heterocycles. The van der Waals surface area contributed by atoms with Crippen molar-refractivity contribution in [1.82, 2.24) is 4.90 Å². The summed E-state index contributed by atoms with van der Waals surface area (Å²) >= 11 is 0. The Kier molecular flexibility index (Phi) is 6.10. The molecular formula is C17H23F3N2O2. The summed E-state index contributed by atoms with van der Waals surface area (Å²) in [6.07, 6.45) is -2.93. The van der Waals surface area contributed by atoms with Gasteiger partial charge in [-0.05, 0) is 43.9 Å². The van der Waals surface area contributed by atoms with E-state index in [0.717, 1.165) is 24.8 Å². The number of nitrogens with one attached hydrogen (secondary N) is 1. The standard InChI is InChI=1S/C17H23F3N2O2/c1-12(24-2)13-5-3-6-14(11-13)21-16(23)22(15-7-4-8-15)10-9-17(18,19)20/h3,5-6,11-12,15H,4,7-10H2,1-2H3,(H,21,23)/t12-/m0/s1. The van der Waals surface area contributed by atoms with Crippen LogP contribution in [0.3, 0.4) is 0 Å². The van der Waals surface area contributed by atoms with Crippen LogP contribution in [0.1, 0.15) is 44.3 Å². The molecule has 134 valence electrons. The minimum atomic E-state index is -4.27. The van der Waals surface area contributed by atoms with E-state index in [-0.39, 0.29) is 18.7 Å². The number of carbonyl (C=O) groups is 1. The summed E-state index contributed by atoms with van der Waals surface area (Å²) in [4.78, 5) is 13.7. The molecule has 1 aliphatic rings. The Bertz CT molecular complexity index is 559. The maximum Gasteiger partial charge on any atom is 0.390 e. The first kappa shape index (κ1) is 18.6. The zero-order valence-electron chi connectivity index (χ0n) is 13.9. The topological polar surface area (TPSA) is 41.6 Å². The number of hydrogen-bond donors (Lipinski definition) is 1. The van der Waals surface area contributed by atoms with Gasteiger partial charge in [0.1, 0.15) is 0 Å². The van der Waals surface area contributed by atoms with Crippen molar-refractivity contribution < 1.29 is 22.7 Å². The lowest BCUT2D eigenvalue weighted by molar-refractivity contribution is -0.137. The van der Waals surface area contributed by atoms with E-state index in [1.54, 1.807) is 25.3 Å². The molecule has 1 aromatic rings. The molecule has 24 heavy (non-hydrogen) atoms. The van der Waals surface area contributed by atoms with Crippen molar-refractivity contribution in [3.8, 4) is 0 Å². The molecule has 1 atom stereocenters. The Hall–Kier alpha value is -1.76. The number of rotatable bonds is 6. The molecule has 0 aromatic heterocycles. The number of alkyl halides is 3. The highest BCUT2D eigenvalue weighted by atomic mass is 19.4. The molecule has 0 radical (unpaired) electrons.